The van der Waals surface area contributed by atoms with Gasteiger partial charge in [0.15, 0.2) is 0 Å². The Morgan fingerprint density at radius 3 is 2.62 bits per heavy atom. The van der Waals surface area contributed by atoms with Crippen LogP contribution in [-0.4, -0.2) is 15.5 Å². The number of hydrogen-bond acceptors (Lipinski definition) is 3. The first-order valence-electron chi connectivity index (χ1n) is 10.4. The fourth-order valence-electron chi connectivity index (χ4n) is 4.08. The largest absolute Gasteiger partial charge is 0.345 e. The van der Waals surface area contributed by atoms with Crippen molar-refractivity contribution in [2.45, 2.75) is 52.1 Å². The maximum Gasteiger partial charge on any atom is 0.261 e. The van der Waals surface area contributed by atoms with Crippen molar-refractivity contribution in [3.05, 3.63) is 75.8 Å². The van der Waals surface area contributed by atoms with E-state index in [1.807, 2.05) is 30.3 Å². The van der Waals surface area contributed by atoms with E-state index in [2.05, 4.69) is 19.2 Å². The van der Waals surface area contributed by atoms with Crippen LogP contribution < -0.4 is 10.9 Å². The molecule has 4 rings (SSSR count). The molecule has 5 nitrogen and oxygen atoms in total. The number of nitrogens with one attached hydrogen (secondary N) is 1. The molecule has 2 heterocycles. The standard InChI is InChI=1S/C24H27N3O2/c1-16(2)22(17-9-5-3-6-10-17)26-23(28)18-12-13-19-20(15-18)25-21-11-7-4-8-14-27(21)24(19)29/h3,5-6,9-10,12-13,15-16,22H,4,7-8,11,14H2,1-2H3,(H,26,28). The van der Waals surface area contributed by atoms with Gasteiger partial charge in [-0.1, -0.05) is 50.6 Å². The summed E-state index contributed by atoms with van der Waals surface area (Å²) in [5.41, 5.74) is 2.22. The van der Waals surface area contributed by atoms with Gasteiger partial charge in [-0.15, -0.1) is 0 Å². The molecule has 1 unspecified atom stereocenters. The molecule has 1 aromatic heterocycles. The maximum atomic E-state index is 13.0. The molecule has 0 aliphatic carbocycles. The Morgan fingerprint density at radius 1 is 1.07 bits per heavy atom. The molecule has 1 N–H and O–H groups in total. The van der Waals surface area contributed by atoms with Crippen LogP contribution in [0, 0.1) is 5.92 Å². The number of aromatic nitrogens is 2. The Hall–Kier alpha value is -2.95. The lowest BCUT2D eigenvalue weighted by molar-refractivity contribution is 0.0925. The van der Waals surface area contributed by atoms with Crippen molar-refractivity contribution in [2.75, 3.05) is 0 Å². The molecule has 0 fully saturated rings. The third kappa shape index (κ3) is 3.95. The molecule has 3 aromatic rings. The van der Waals surface area contributed by atoms with Crippen LogP contribution in [0.2, 0.25) is 0 Å². The van der Waals surface area contributed by atoms with E-state index < -0.39 is 0 Å². The Balaban J connectivity index is 1.67. The summed E-state index contributed by atoms with van der Waals surface area (Å²) >= 11 is 0. The smallest absolute Gasteiger partial charge is 0.261 e. The molecule has 150 valence electrons. The lowest BCUT2D eigenvalue weighted by Gasteiger charge is -2.23. The third-order valence-corrected chi connectivity index (χ3v) is 5.69. The molecule has 2 aromatic carbocycles. The summed E-state index contributed by atoms with van der Waals surface area (Å²) < 4.78 is 1.80. The molecule has 0 bridgehead atoms. The molecule has 0 spiro atoms. The van der Waals surface area contributed by atoms with E-state index in [1.54, 1.807) is 22.8 Å². The zero-order valence-corrected chi connectivity index (χ0v) is 17.0. The lowest BCUT2D eigenvalue weighted by atomic mass is 9.95. The van der Waals surface area contributed by atoms with Gasteiger partial charge in [0.05, 0.1) is 16.9 Å². The Labute approximate surface area is 170 Å². The fourth-order valence-corrected chi connectivity index (χ4v) is 4.08. The summed E-state index contributed by atoms with van der Waals surface area (Å²) in [5.74, 6) is 0.938. The van der Waals surface area contributed by atoms with Crippen LogP contribution in [-0.2, 0) is 13.0 Å². The zero-order chi connectivity index (χ0) is 20.4. The van der Waals surface area contributed by atoms with Gasteiger partial charge in [-0.2, -0.15) is 0 Å². The number of fused-ring (bicyclic) bond motifs is 2. The van der Waals surface area contributed by atoms with Crippen molar-refractivity contribution < 1.29 is 4.79 Å². The van der Waals surface area contributed by atoms with Crippen LogP contribution in [0.3, 0.4) is 0 Å². The molecule has 0 saturated heterocycles. The van der Waals surface area contributed by atoms with Crippen LogP contribution in [0.15, 0.2) is 53.3 Å². The number of carbonyl (C=O) groups is 1. The van der Waals surface area contributed by atoms with E-state index in [0.29, 0.717) is 16.5 Å². The number of hydrogen-bond donors (Lipinski definition) is 1. The number of carbonyl (C=O) groups excluding carboxylic acids is 1. The first-order chi connectivity index (χ1) is 14.0. The molecule has 0 radical (unpaired) electrons. The van der Waals surface area contributed by atoms with Crippen molar-refractivity contribution in [1.29, 1.82) is 0 Å². The Bertz CT molecular complexity index is 1090. The highest BCUT2D eigenvalue weighted by Crippen LogP contribution is 2.22. The number of nitrogens with zero attached hydrogens (tertiary/aromatic N) is 2. The van der Waals surface area contributed by atoms with E-state index >= 15 is 0 Å². The molecular formula is C24H27N3O2. The van der Waals surface area contributed by atoms with Crippen LogP contribution >= 0.6 is 0 Å². The summed E-state index contributed by atoms with van der Waals surface area (Å²) in [6.07, 6.45) is 3.98. The molecular weight excluding hydrogens is 362 g/mol. The van der Waals surface area contributed by atoms with Crippen molar-refractivity contribution in [3.8, 4) is 0 Å². The predicted octanol–water partition coefficient (Wildman–Crippen LogP) is 4.25. The average Bonchev–Trinajstić information content (AvgIpc) is 2.97. The van der Waals surface area contributed by atoms with Gasteiger partial charge in [-0.3, -0.25) is 14.2 Å². The highest BCUT2D eigenvalue weighted by molar-refractivity contribution is 5.97. The molecule has 1 aliphatic rings. The van der Waals surface area contributed by atoms with Crippen LogP contribution in [0.25, 0.3) is 10.9 Å². The topological polar surface area (TPSA) is 64.0 Å². The van der Waals surface area contributed by atoms with Gasteiger partial charge in [0.1, 0.15) is 5.82 Å². The van der Waals surface area contributed by atoms with Gasteiger partial charge < -0.3 is 5.32 Å². The fraction of sp³-hybridized carbons (Fsp3) is 0.375. The van der Waals surface area contributed by atoms with Gasteiger partial charge in [-0.25, -0.2) is 4.98 Å². The highest BCUT2D eigenvalue weighted by atomic mass is 16.1. The zero-order valence-electron chi connectivity index (χ0n) is 17.0. The van der Waals surface area contributed by atoms with Crippen molar-refractivity contribution in [3.63, 3.8) is 0 Å². The highest BCUT2D eigenvalue weighted by Gasteiger charge is 2.20. The Morgan fingerprint density at radius 2 is 1.86 bits per heavy atom. The van der Waals surface area contributed by atoms with Crippen LogP contribution in [0.1, 0.15) is 60.9 Å². The van der Waals surface area contributed by atoms with Gasteiger partial charge in [0.25, 0.3) is 11.5 Å². The van der Waals surface area contributed by atoms with Crippen LogP contribution in [0.5, 0.6) is 0 Å². The Kier molecular flexibility index (Phi) is 5.47. The molecule has 1 atom stereocenters. The number of aryl methyl sites for hydroxylation is 1. The molecule has 1 aliphatic heterocycles. The van der Waals surface area contributed by atoms with E-state index in [0.717, 1.165) is 43.6 Å². The van der Waals surface area contributed by atoms with Gasteiger partial charge in [-0.05, 0) is 42.5 Å². The second-order valence-corrected chi connectivity index (χ2v) is 8.13. The average molecular weight is 389 g/mol. The maximum absolute atomic E-state index is 13.0. The summed E-state index contributed by atoms with van der Waals surface area (Å²) in [5, 5.41) is 3.73. The van der Waals surface area contributed by atoms with E-state index in [-0.39, 0.29) is 23.4 Å². The minimum absolute atomic E-state index is 0.00296. The number of benzene rings is 2. The normalized spacial score (nSPS) is 15.0. The molecule has 29 heavy (non-hydrogen) atoms. The second kappa shape index (κ2) is 8.19. The second-order valence-electron chi connectivity index (χ2n) is 8.13. The third-order valence-electron chi connectivity index (χ3n) is 5.69. The quantitative estimate of drug-likeness (QED) is 0.725. The molecule has 5 heteroatoms. The summed E-state index contributed by atoms with van der Waals surface area (Å²) in [7, 11) is 0. The minimum atomic E-state index is -0.147. The monoisotopic (exact) mass is 389 g/mol. The van der Waals surface area contributed by atoms with E-state index in [4.69, 9.17) is 4.98 Å². The number of amides is 1. The predicted molar refractivity (Wildman–Crippen MR) is 115 cm³/mol. The van der Waals surface area contributed by atoms with Crippen molar-refractivity contribution >= 4 is 16.8 Å². The van der Waals surface area contributed by atoms with E-state index in [1.165, 1.54) is 0 Å². The van der Waals surface area contributed by atoms with Crippen molar-refractivity contribution in [1.82, 2.24) is 14.9 Å². The van der Waals surface area contributed by atoms with Gasteiger partial charge in [0.2, 0.25) is 0 Å². The number of rotatable bonds is 4. The SMILES string of the molecule is CC(C)C(NC(=O)c1ccc2c(=O)n3c(nc2c1)CCCCC3)c1ccccc1. The lowest BCUT2D eigenvalue weighted by Crippen LogP contribution is -2.32. The van der Waals surface area contributed by atoms with Gasteiger partial charge >= 0.3 is 0 Å². The minimum Gasteiger partial charge on any atom is -0.345 e. The van der Waals surface area contributed by atoms with Gasteiger partial charge in [0, 0.05) is 18.5 Å². The van der Waals surface area contributed by atoms with E-state index in [9.17, 15) is 9.59 Å². The van der Waals surface area contributed by atoms with Crippen molar-refractivity contribution in [2.24, 2.45) is 5.92 Å². The molecule has 0 saturated carbocycles. The summed E-state index contributed by atoms with van der Waals surface area (Å²) in [4.78, 5) is 30.6. The summed E-state index contributed by atoms with van der Waals surface area (Å²) in [6, 6.07) is 15.1. The molecule has 1 amide bonds. The summed E-state index contributed by atoms with van der Waals surface area (Å²) in [6.45, 7) is 4.92. The van der Waals surface area contributed by atoms with Crippen LogP contribution in [0.4, 0.5) is 0 Å². The first kappa shape index (κ1) is 19.4. The first-order valence-corrected chi connectivity index (χ1v) is 10.4.